The Morgan fingerprint density at radius 3 is 1.71 bits per heavy atom. The van der Waals surface area contributed by atoms with Gasteiger partial charge in [-0.05, 0) is 43.5 Å². The van der Waals surface area contributed by atoms with Crippen molar-refractivity contribution in [2.24, 2.45) is 0 Å². The summed E-state index contributed by atoms with van der Waals surface area (Å²) in [6.45, 7) is 10.2. The van der Waals surface area contributed by atoms with Gasteiger partial charge < -0.3 is 0 Å². The summed E-state index contributed by atoms with van der Waals surface area (Å²) in [4.78, 5) is 2.54. The Labute approximate surface area is 113 Å². The number of rotatable bonds is 7. The Morgan fingerprint density at radius 1 is 0.824 bits per heavy atom. The zero-order valence-electron chi connectivity index (χ0n) is 11.4. The third-order valence-electron chi connectivity index (χ3n) is 2.92. The monoisotopic (exact) mass is 255 g/mol. The molecule has 2 heteroatoms. The van der Waals surface area contributed by atoms with Gasteiger partial charge >= 0.3 is 0 Å². The molecular weight excluding hydrogens is 230 g/mol. The maximum Gasteiger partial charge on any atom is 0.0233 e. The van der Waals surface area contributed by atoms with Crippen LogP contribution in [0.2, 0.25) is 0 Å². The van der Waals surface area contributed by atoms with Gasteiger partial charge in [0.2, 0.25) is 0 Å². The minimum atomic E-state index is 0. The van der Waals surface area contributed by atoms with E-state index in [2.05, 4.69) is 49.9 Å². The van der Waals surface area contributed by atoms with Crippen molar-refractivity contribution in [2.75, 3.05) is 13.1 Å². The van der Waals surface area contributed by atoms with E-state index < -0.39 is 0 Å². The van der Waals surface area contributed by atoms with Crippen LogP contribution in [0.5, 0.6) is 0 Å². The maximum absolute atomic E-state index is 2.54. The minimum Gasteiger partial charge on any atom is -0.299 e. The van der Waals surface area contributed by atoms with Gasteiger partial charge in [-0.1, -0.05) is 45.0 Å². The average molecular weight is 256 g/mol. The van der Waals surface area contributed by atoms with Crippen LogP contribution in [0.4, 0.5) is 0 Å². The molecule has 0 spiro atoms. The lowest BCUT2D eigenvalue weighted by Gasteiger charge is -2.21. The summed E-state index contributed by atoms with van der Waals surface area (Å²) in [5.74, 6) is 0. The lowest BCUT2D eigenvalue weighted by Crippen LogP contribution is -2.24. The van der Waals surface area contributed by atoms with Crippen molar-refractivity contribution < 1.29 is 0 Å². The van der Waals surface area contributed by atoms with Crippen molar-refractivity contribution in [1.29, 1.82) is 0 Å². The molecule has 98 valence electrons. The molecule has 1 nitrogen and oxygen atoms in total. The molecule has 0 bridgehead atoms. The zero-order chi connectivity index (χ0) is 11.8. The van der Waals surface area contributed by atoms with E-state index in [1.165, 1.54) is 37.1 Å². The summed E-state index contributed by atoms with van der Waals surface area (Å²) in [5.41, 5.74) is 2.88. The van der Waals surface area contributed by atoms with Crippen LogP contribution in [-0.2, 0) is 13.0 Å². The molecule has 0 saturated heterocycles. The second kappa shape index (κ2) is 9.49. The third kappa shape index (κ3) is 6.09. The summed E-state index contributed by atoms with van der Waals surface area (Å²) < 4.78 is 0. The predicted octanol–water partition coefficient (Wildman–Crippen LogP) is 4.29. The highest BCUT2D eigenvalue weighted by molar-refractivity contribution is 5.85. The fourth-order valence-corrected chi connectivity index (χ4v) is 2.04. The highest BCUT2D eigenvalue weighted by Gasteiger charge is 2.03. The number of hydrogen-bond acceptors (Lipinski definition) is 1. The minimum absolute atomic E-state index is 0. The molecule has 1 rings (SSSR count). The van der Waals surface area contributed by atoms with Crippen LogP contribution in [-0.4, -0.2) is 18.0 Å². The number of benzene rings is 1. The predicted molar refractivity (Wildman–Crippen MR) is 78.9 cm³/mol. The van der Waals surface area contributed by atoms with Crippen molar-refractivity contribution in [3.05, 3.63) is 35.4 Å². The van der Waals surface area contributed by atoms with E-state index >= 15 is 0 Å². The molecule has 0 N–H and O–H groups in total. The molecule has 0 radical (unpaired) electrons. The molecule has 0 atom stereocenters. The van der Waals surface area contributed by atoms with Gasteiger partial charge in [0, 0.05) is 6.54 Å². The first-order valence-electron chi connectivity index (χ1n) is 6.60. The topological polar surface area (TPSA) is 3.24 Å². The molecule has 0 heterocycles. The van der Waals surface area contributed by atoms with E-state index in [0.717, 1.165) is 13.0 Å². The van der Waals surface area contributed by atoms with E-state index in [1.54, 1.807) is 0 Å². The second-order valence-electron chi connectivity index (χ2n) is 4.45. The van der Waals surface area contributed by atoms with E-state index in [9.17, 15) is 0 Å². The Bertz CT molecular complexity index is 275. The van der Waals surface area contributed by atoms with Crippen molar-refractivity contribution in [3.63, 3.8) is 0 Å². The van der Waals surface area contributed by atoms with Crippen LogP contribution in [0.25, 0.3) is 0 Å². The van der Waals surface area contributed by atoms with Crippen molar-refractivity contribution in [3.8, 4) is 0 Å². The van der Waals surface area contributed by atoms with Gasteiger partial charge in [-0.2, -0.15) is 0 Å². The van der Waals surface area contributed by atoms with Gasteiger partial charge in [0.15, 0.2) is 0 Å². The smallest absolute Gasteiger partial charge is 0.0233 e. The molecule has 0 aliphatic carbocycles. The average Bonchev–Trinajstić information content (AvgIpc) is 2.31. The van der Waals surface area contributed by atoms with Gasteiger partial charge in [0.25, 0.3) is 0 Å². The Hall–Kier alpha value is -0.530. The third-order valence-corrected chi connectivity index (χ3v) is 2.92. The molecule has 0 aliphatic heterocycles. The first-order chi connectivity index (χ1) is 7.80. The number of hydrogen-bond donors (Lipinski definition) is 0. The van der Waals surface area contributed by atoms with E-state index in [1.807, 2.05) is 0 Å². The zero-order valence-corrected chi connectivity index (χ0v) is 12.2. The second-order valence-corrected chi connectivity index (χ2v) is 4.45. The Balaban J connectivity index is 0.00000256. The van der Waals surface area contributed by atoms with Crippen LogP contribution < -0.4 is 0 Å². The summed E-state index contributed by atoms with van der Waals surface area (Å²) >= 11 is 0. The van der Waals surface area contributed by atoms with E-state index in [0.29, 0.717) is 0 Å². The van der Waals surface area contributed by atoms with Gasteiger partial charge in [-0.25, -0.2) is 0 Å². The summed E-state index contributed by atoms with van der Waals surface area (Å²) in [6.07, 6.45) is 3.62. The Kier molecular flexibility index (Phi) is 9.20. The molecule has 1 aromatic carbocycles. The SMILES string of the molecule is CCCN(CCC)Cc1ccc(CC)cc1.Cl. The van der Waals surface area contributed by atoms with Gasteiger partial charge in [-0.15, -0.1) is 12.4 Å². The fraction of sp³-hybridized carbons (Fsp3) is 0.600. The van der Waals surface area contributed by atoms with E-state index in [4.69, 9.17) is 0 Å². The number of aryl methyl sites for hydroxylation is 1. The summed E-state index contributed by atoms with van der Waals surface area (Å²) in [5, 5.41) is 0. The maximum atomic E-state index is 2.54. The molecule has 17 heavy (non-hydrogen) atoms. The van der Waals surface area contributed by atoms with Crippen LogP contribution in [0.3, 0.4) is 0 Å². The number of halogens is 1. The molecule has 0 aliphatic rings. The molecule has 0 unspecified atom stereocenters. The highest BCUT2D eigenvalue weighted by atomic mass is 35.5. The fourth-order valence-electron chi connectivity index (χ4n) is 2.04. The lowest BCUT2D eigenvalue weighted by atomic mass is 10.1. The molecular formula is C15H26ClN. The van der Waals surface area contributed by atoms with Crippen molar-refractivity contribution in [2.45, 2.75) is 46.6 Å². The highest BCUT2D eigenvalue weighted by Crippen LogP contribution is 2.09. The van der Waals surface area contributed by atoms with Crippen molar-refractivity contribution in [1.82, 2.24) is 4.90 Å². The lowest BCUT2D eigenvalue weighted by molar-refractivity contribution is 0.266. The largest absolute Gasteiger partial charge is 0.299 e. The molecule has 0 aromatic heterocycles. The first-order valence-corrected chi connectivity index (χ1v) is 6.60. The molecule has 0 fully saturated rings. The Morgan fingerprint density at radius 2 is 1.29 bits per heavy atom. The summed E-state index contributed by atoms with van der Waals surface area (Å²) in [7, 11) is 0. The van der Waals surface area contributed by atoms with E-state index in [-0.39, 0.29) is 12.4 Å². The molecule has 0 saturated carbocycles. The van der Waals surface area contributed by atoms with Gasteiger partial charge in [-0.3, -0.25) is 4.90 Å². The first kappa shape index (κ1) is 16.5. The van der Waals surface area contributed by atoms with Gasteiger partial charge in [0.05, 0.1) is 0 Å². The van der Waals surface area contributed by atoms with Crippen LogP contribution in [0.1, 0.15) is 44.7 Å². The van der Waals surface area contributed by atoms with Gasteiger partial charge in [0.1, 0.15) is 0 Å². The molecule has 0 amide bonds. The molecule has 1 aromatic rings. The normalized spacial score (nSPS) is 10.4. The van der Waals surface area contributed by atoms with Crippen LogP contribution in [0.15, 0.2) is 24.3 Å². The quantitative estimate of drug-likeness (QED) is 0.703. The van der Waals surface area contributed by atoms with Crippen molar-refractivity contribution >= 4 is 12.4 Å². The summed E-state index contributed by atoms with van der Waals surface area (Å²) in [6, 6.07) is 9.06. The van der Waals surface area contributed by atoms with Crippen LogP contribution in [0, 0.1) is 0 Å². The number of nitrogens with zero attached hydrogens (tertiary/aromatic N) is 1. The van der Waals surface area contributed by atoms with Crippen LogP contribution >= 0.6 is 12.4 Å². The standard InChI is InChI=1S/C15H25N.ClH/c1-4-11-16(12-5-2)13-15-9-7-14(6-3)8-10-15;/h7-10H,4-6,11-13H2,1-3H3;1H.